The fourth-order valence-corrected chi connectivity index (χ4v) is 3.29. The van der Waals surface area contributed by atoms with Gasteiger partial charge in [-0.3, -0.25) is 0 Å². The molecule has 0 saturated heterocycles. The summed E-state index contributed by atoms with van der Waals surface area (Å²) >= 11 is 5.24. The van der Waals surface area contributed by atoms with Crippen LogP contribution in [-0.2, 0) is 0 Å². The number of halogens is 1. The molecule has 4 heteroatoms. The third-order valence-corrected chi connectivity index (χ3v) is 4.38. The lowest BCUT2D eigenvalue weighted by Gasteiger charge is -2.19. The largest absolute Gasteiger partial charge is 0.395 e. The van der Waals surface area contributed by atoms with Gasteiger partial charge in [0.2, 0.25) is 0 Å². The van der Waals surface area contributed by atoms with Crippen molar-refractivity contribution in [2.24, 2.45) is 0 Å². The number of thioether (sulfide) groups is 1. The van der Waals surface area contributed by atoms with Gasteiger partial charge in [0, 0.05) is 20.7 Å². The second-order valence-corrected chi connectivity index (χ2v) is 6.86. The van der Waals surface area contributed by atoms with Crippen molar-refractivity contribution >= 4 is 27.7 Å². The topological polar surface area (TPSA) is 32.3 Å². The Kier molecular flexibility index (Phi) is 7.30. The molecule has 0 saturated carbocycles. The van der Waals surface area contributed by atoms with Crippen LogP contribution in [-0.4, -0.2) is 23.5 Å². The standard InChI is InChI=1S/C14H22BrNOS/c1-4-7-16-11(3)13-6-5-12(15)8-14(13)18-10(2)9-17/h5-6,8,10-11,16-17H,4,7,9H2,1-3H3. The van der Waals surface area contributed by atoms with Crippen molar-refractivity contribution in [1.82, 2.24) is 5.32 Å². The smallest absolute Gasteiger partial charge is 0.0550 e. The molecule has 2 unspecified atom stereocenters. The number of aliphatic hydroxyl groups is 1. The summed E-state index contributed by atoms with van der Waals surface area (Å²) in [6.45, 7) is 7.63. The number of benzene rings is 1. The Hall–Kier alpha value is -0.0300. The van der Waals surface area contributed by atoms with Crippen LogP contribution in [0.3, 0.4) is 0 Å². The van der Waals surface area contributed by atoms with Crippen LogP contribution in [0, 0.1) is 0 Å². The van der Waals surface area contributed by atoms with Gasteiger partial charge in [0.15, 0.2) is 0 Å². The number of hydrogen-bond acceptors (Lipinski definition) is 3. The lowest BCUT2D eigenvalue weighted by Crippen LogP contribution is -2.20. The highest BCUT2D eigenvalue weighted by Gasteiger charge is 2.13. The van der Waals surface area contributed by atoms with Crippen LogP contribution in [0.5, 0.6) is 0 Å². The highest BCUT2D eigenvalue weighted by atomic mass is 79.9. The molecule has 0 aromatic heterocycles. The number of rotatable bonds is 7. The summed E-state index contributed by atoms with van der Waals surface area (Å²) in [5, 5.41) is 12.9. The molecule has 2 nitrogen and oxygen atoms in total. The van der Waals surface area contributed by atoms with E-state index in [4.69, 9.17) is 0 Å². The number of aliphatic hydroxyl groups excluding tert-OH is 1. The molecular formula is C14H22BrNOS. The van der Waals surface area contributed by atoms with Gasteiger partial charge in [0.05, 0.1) is 6.61 Å². The second-order valence-electron chi connectivity index (χ2n) is 4.47. The van der Waals surface area contributed by atoms with Gasteiger partial charge in [0.25, 0.3) is 0 Å². The van der Waals surface area contributed by atoms with Crippen LogP contribution in [0.25, 0.3) is 0 Å². The van der Waals surface area contributed by atoms with Crippen molar-refractivity contribution in [1.29, 1.82) is 0 Å². The van der Waals surface area contributed by atoms with E-state index in [-0.39, 0.29) is 11.9 Å². The van der Waals surface area contributed by atoms with Gasteiger partial charge in [-0.05, 0) is 37.6 Å². The average molecular weight is 332 g/mol. The molecule has 0 spiro atoms. The normalized spacial score (nSPS) is 14.5. The van der Waals surface area contributed by atoms with E-state index in [9.17, 15) is 5.11 Å². The maximum Gasteiger partial charge on any atom is 0.0550 e. The van der Waals surface area contributed by atoms with E-state index in [0.29, 0.717) is 6.04 Å². The first-order chi connectivity index (χ1) is 8.58. The number of nitrogens with one attached hydrogen (secondary N) is 1. The fourth-order valence-electron chi connectivity index (χ4n) is 1.69. The van der Waals surface area contributed by atoms with E-state index in [1.807, 2.05) is 6.92 Å². The zero-order valence-electron chi connectivity index (χ0n) is 11.2. The molecule has 0 bridgehead atoms. The summed E-state index contributed by atoms with van der Waals surface area (Å²) < 4.78 is 1.08. The monoisotopic (exact) mass is 331 g/mol. The molecule has 2 N–H and O–H groups in total. The van der Waals surface area contributed by atoms with Crippen LogP contribution in [0.4, 0.5) is 0 Å². The summed E-state index contributed by atoms with van der Waals surface area (Å²) in [4.78, 5) is 1.24. The minimum absolute atomic E-state index is 0.202. The summed E-state index contributed by atoms with van der Waals surface area (Å²) in [6.07, 6.45) is 1.14. The van der Waals surface area contributed by atoms with Crippen molar-refractivity contribution in [3.63, 3.8) is 0 Å². The molecule has 2 atom stereocenters. The molecule has 18 heavy (non-hydrogen) atoms. The van der Waals surface area contributed by atoms with Gasteiger partial charge >= 0.3 is 0 Å². The molecule has 0 radical (unpaired) electrons. The summed E-state index contributed by atoms with van der Waals surface area (Å²) in [5.41, 5.74) is 1.30. The SMILES string of the molecule is CCCNC(C)c1ccc(Br)cc1SC(C)CO. The Bertz CT molecular complexity index is 373. The van der Waals surface area contributed by atoms with Crippen LogP contribution < -0.4 is 5.32 Å². The molecular weight excluding hydrogens is 310 g/mol. The van der Waals surface area contributed by atoms with Crippen molar-refractivity contribution in [3.8, 4) is 0 Å². The number of hydrogen-bond donors (Lipinski definition) is 2. The average Bonchev–Trinajstić information content (AvgIpc) is 2.36. The van der Waals surface area contributed by atoms with E-state index in [1.54, 1.807) is 11.8 Å². The van der Waals surface area contributed by atoms with Gasteiger partial charge in [-0.15, -0.1) is 11.8 Å². The maximum absolute atomic E-state index is 9.19. The molecule has 0 aliphatic carbocycles. The summed E-state index contributed by atoms with van der Waals surface area (Å²) in [6, 6.07) is 6.71. The lowest BCUT2D eigenvalue weighted by molar-refractivity contribution is 0.300. The lowest BCUT2D eigenvalue weighted by atomic mass is 10.1. The zero-order chi connectivity index (χ0) is 13.5. The van der Waals surface area contributed by atoms with Crippen molar-refractivity contribution in [3.05, 3.63) is 28.2 Å². The minimum atomic E-state index is 0.202. The van der Waals surface area contributed by atoms with Gasteiger partial charge in [0.1, 0.15) is 0 Å². The molecule has 102 valence electrons. The van der Waals surface area contributed by atoms with Crippen LogP contribution >= 0.6 is 27.7 Å². The van der Waals surface area contributed by atoms with E-state index < -0.39 is 0 Å². The van der Waals surface area contributed by atoms with E-state index >= 15 is 0 Å². The molecule has 1 aromatic carbocycles. The van der Waals surface area contributed by atoms with E-state index in [2.05, 4.69) is 53.3 Å². The van der Waals surface area contributed by atoms with Crippen LogP contribution in [0.2, 0.25) is 0 Å². The highest BCUT2D eigenvalue weighted by molar-refractivity contribution is 9.10. The van der Waals surface area contributed by atoms with Crippen LogP contribution in [0.15, 0.2) is 27.6 Å². The Morgan fingerprint density at radius 1 is 1.39 bits per heavy atom. The first-order valence-corrected chi connectivity index (χ1v) is 8.06. The predicted octanol–water partition coefficient (Wildman–Crippen LogP) is 3.98. The fraction of sp³-hybridized carbons (Fsp3) is 0.571. The molecule has 1 aromatic rings. The van der Waals surface area contributed by atoms with E-state index in [1.165, 1.54) is 10.5 Å². The first kappa shape index (κ1) is 16.0. The molecule has 1 rings (SSSR count). The highest BCUT2D eigenvalue weighted by Crippen LogP contribution is 2.32. The Morgan fingerprint density at radius 2 is 2.11 bits per heavy atom. The minimum Gasteiger partial charge on any atom is -0.395 e. The zero-order valence-corrected chi connectivity index (χ0v) is 13.6. The van der Waals surface area contributed by atoms with Gasteiger partial charge in [-0.25, -0.2) is 0 Å². The molecule has 0 heterocycles. The van der Waals surface area contributed by atoms with Crippen molar-refractivity contribution < 1.29 is 5.11 Å². The predicted molar refractivity (Wildman–Crippen MR) is 83.3 cm³/mol. The Balaban J connectivity index is 2.88. The quantitative estimate of drug-likeness (QED) is 0.741. The second kappa shape index (κ2) is 8.20. The van der Waals surface area contributed by atoms with Gasteiger partial charge in [-0.1, -0.05) is 35.8 Å². The molecule has 0 aliphatic heterocycles. The third-order valence-electron chi connectivity index (χ3n) is 2.73. The molecule has 0 amide bonds. The van der Waals surface area contributed by atoms with Gasteiger partial charge in [-0.2, -0.15) is 0 Å². The Labute approximate surface area is 123 Å². The van der Waals surface area contributed by atoms with Gasteiger partial charge < -0.3 is 10.4 Å². The maximum atomic E-state index is 9.19. The summed E-state index contributed by atoms with van der Waals surface area (Å²) in [5.74, 6) is 0. The van der Waals surface area contributed by atoms with E-state index in [0.717, 1.165) is 17.4 Å². The third kappa shape index (κ3) is 4.92. The molecule has 0 aliphatic rings. The van der Waals surface area contributed by atoms with Crippen molar-refractivity contribution in [2.45, 2.75) is 43.4 Å². The van der Waals surface area contributed by atoms with Crippen LogP contribution in [0.1, 0.15) is 38.8 Å². The Morgan fingerprint density at radius 3 is 2.72 bits per heavy atom. The summed E-state index contributed by atoms with van der Waals surface area (Å²) in [7, 11) is 0. The van der Waals surface area contributed by atoms with Crippen molar-refractivity contribution in [2.75, 3.05) is 13.2 Å². The molecule has 0 fully saturated rings. The first-order valence-electron chi connectivity index (χ1n) is 6.38.